The molecule has 0 radical (unpaired) electrons. The second-order valence-electron chi connectivity index (χ2n) is 4.74. The lowest BCUT2D eigenvalue weighted by molar-refractivity contribution is 0.464. The molecule has 0 saturated carbocycles. The summed E-state index contributed by atoms with van der Waals surface area (Å²) in [7, 11) is 1.96. The van der Waals surface area contributed by atoms with E-state index in [1.54, 1.807) is 7.05 Å². The lowest BCUT2D eigenvalue weighted by atomic mass is 10.2. The summed E-state index contributed by atoms with van der Waals surface area (Å²) in [5.74, 6) is 0. The van der Waals surface area contributed by atoms with Crippen molar-refractivity contribution in [3.05, 3.63) is 42.4 Å². The van der Waals surface area contributed by atoms with Crippen molar-refractivity contribution in [2.24, 2.45) is 0 Å². The fraction of sp³-hybridized carbons (Fsp3) is 0.308. The third-order valence-electron chi connectivity index (χ3n) is 3.02. The number of hydrogen-bond donors (Lipinski definition) is 1. The van der Waals surface area contributed by atoms with Crippen LogP contribution in [0.3, 0.4) is 0 Å². The second-order valence-corrected chi connectivity index (χ2v) is 6.75. The van der Waals surface area contributed by atoms with Crippen LogP contribution in [-0.2, 0) is 16.6 Å². The number of rotatable bonds is 5. The quantitative estimate of drug-likeness (QED) is 0.902. The summed E-state index contributed by atoms with van der Waals surface area (Å²) in [4.78, 5) is 8.36. The molecule has 7 heteroatoms. The standard InChI is InChI=1S/C13H18N4O2S/c1-16(2)12-6-4-11(5-7-12)9-17(3)20(18,19)13-8-14-10-15-13/h4-8,10H,9H2,1-3H3,(H,14,15). The Bertz CT molecular complexity index is 648. The Kier molecular flexibility index (Phi) is 4.10. The normalized spacial score (nSPS) is 11.8. The van der Waals surface area contributed by atoms with Crippen LogP contribution in [0.25, 0.3) is 0 Å². The van der Waals surface area contributed by atoms with Gasteiger partial charge in [0, 0.05) is 33.4 Å². The average molecular weight is 294 g/mol. The molecule has 2 rings (SSSR count). The topological polar surface area (TPSA) is 69.3 Å². The number of nitrogens with one attached hydrogen (secondary N) is 1. The zero-order valence-corrected chi connectivity index (χ0v) is 12.6. The summed E-state index contributed by atoms with van der Waals surface area (Å²) >= 11 is 0. The summed E-state index contributed by atoms with van der Waals surface area (Å²) in [6, 6.07) is 7.78. The van der Waals surface area contributed by atoms with Crippen LogP contribution in [0.2, 0.25) is 0 Å². The van der Waals surface area contributed by atoms with Gasteiger partial charge in [0.15, 0.2) is 5.03 Å². The first-order chi connectivity index (χ1) is 9.41. The van der Waals surface area contributed by atoms with E-state index in [0.717, 1.165) is 11.3 Å². The zero-order valence-electron chi connectivity index (χ0n) is 11.7. The van der Waals surface area contributed by atoms with Gasteiger partial charge in [-0.2, -0.15) is 4.31 Å². The monoisotopic (exact) mass is 294 g/mol. The minimum absolute atomic E-state index is 0.102. The molecule has 6 nitrogen and oxygen atoms in total. The van der Waals surface area contributed by atoms with Crippen molar-refractivity contribution in [3.63, 3.8) is 0 Å². The van der Waals surface area contributed by atoms with Gasteiger partial charge in [-0.15, -0.1) is 0 Å². The van der Waals surface area contributed by atoms with Gasteiger partial charge in [-0.1, -0.05) is 12.1 Å². The second kappa shape index (κ2) is 5.64. The van der Waals surface area contributed by atoms with Crippen LogP contribution < -0.4 is 4.90 Å². The number of aromatic nitrogens is 2. The molecular formula is C13H18N4O2S. The summed E-state index contributed by atoms with van der Waals surface area (Å²) in [6.07, 6.45) is 2.66. The molecule has 1 aromatic heterocycles. The highest BCUT2D eigenvalue weighted by Crippen LogP contribution is 2.16. The van der Waals surface area contributed by atoms with Crippen LogP contribution in [0.1, 0.15) is 5.56 Å². The van der Waals surface area contributed by atoms with Crippen molar-refractivity contribution >= 4 is 15.7 Å². The number of benzene rings is 1. The zero-order chi connectivity index (χ0) is 14.8. The number of aromatic amines is 1. The molecule has 0 unspecified atom stereocenters. The molecule has 20 heavy (non-hydrogen) atoms. The fourth-order valence-electron chi connectivity index (χ4n) is 1.79. The molecule has 0 aliphatic carbocycles. The Hall–Kier alpha value is -1.86. The number of imidazole rings is 1. The van der Waals surface area contributed by atoms with E-state index < -0.39 is 10.0 Å². The minimum atomic E-state index is -3.52. The maximum absolute atomic E-state index is 12.2. The molecule has 0 amide bonds. The summed E-state index contributed by atoms with van der Waals surface area (Å²) in [5.41, 5.74) is 2.01. The lowest BCUT2D eigenvalue weighted by Crippen LogP contribution is -2.26. The minimum Gasteiger partial charge on any atom is -0.378 e. The van der Waals surface area contributed by atoms with Gasteiger partial charge in [0.25, 0.3) is 10.0 Å². The first kappa shape index (κ1) is 14.5. The molecule has 1 N–H and O–H groups in total. The molecule has 0 bridgehead atoms. The molecule has 0 atom stereocenters. The summed E-state index contributed by atoms with van der Waals surface area (Å²) in [5, 5.41) is 0.102. The van der Waals surface area contributed by atoms with E-state index in [0.29, 0.717) is 6.54 Å². The van der Waals surface area contributed by atoms with E-state index in [1.807, 2.05) is 43.3 Å². The van der Waals surface area contributed by atoms with E-state index in [9.17, 15) is 8.42 Å². The van der Waals surface area contributed by atoms with Gasteiger partial charge in [0.2, 0.25) is 0 Å². The van der Waals surface area contributed by atoms with Crippen molar-refractivity contribution in [2.75, 3.05) is 26.0 Å². The lowest BCUT2D eigenvalue weighted by Gasteiger charge is -2.17. The number of H-pyrrole nitrogens is 1. The maximum atomic E-state index is 12.2. The van der Waals surface area contributed by atoms with Gasteiger partial charge in [-0.3, -0.25) is 0 Å². The Balaban J connectivity index is 2.14. The molecule has 108 valence electrons. The number of nitrogens with zero attached hydrogens (tertiary/aromatic N) is 3. The SMILES string of the molecule is CN(C)c1ccc(CN(C)S(=O)(=O)c2cnc[nH]2)cc1. The molecule has 2 aromatic rings. The van der Waals surface area contributed by atoms with E-state index in [-0.39, 0.29) is 5.03 Å². The molecule has 1 aromatic carbocycles. The molecule has 1 heterocycles. The Morgan fingerprint density at radius 1 is 1.15 bits per heavy atom. The maximum Gasteiger partial charge on any atom is 0.260 e. The van der Waals surface area contributed by atoms with Crippen LogP contribution >= 0.6 is 0 Å². The molecule has 0 fully saturated rings. The van der Waals surface area contributed by atoms with Gasteiger partial charge in [0.05, 0.1) is 12.5 Å². The molecule has 0 saturated heterocycles. The Morgan fingerprint density at radius 3 is 2.30 bits per heavy atom. The van der Waals surface area contributed by atoms with E-state index in [2.05, 4.69) is 9.97 Å². The number of sulfonamides is 1. The van der Waals surface area contributed by atoms with E-state index in [1.165, 1.54) is 16.8 Å². The van der Waals surface area contributed by atoms with Gasteiger partial charge in [0.1, 0.15) is 0 Å². The van der Waals surface area contributed by atoms with Crippen molar-refractivity contribution in [1.29, 1.82) is 0 Å². The van der Waals surface area contributed by atoms with Gasteiger partial charge in [-0.05, 0) is 17.7 Å². The predicted molar refractivity (Wildman–Crippen MR) is 78.0 cm³/mol. The molecule has 0 spiro atoms. The van der Waals surface area contributed by atoms with Crippen LogP contribution in [-0.4, -0.2) is 43.8 Å². The third kappa shape index (κ3) is 3.00. The molecular weight excluding hydrogens is 276 g/mol. The smallest absolute Gasteiger partial charge is 0.260 e. The number of hydrogen-bond acceptors (Lipinski definition) is 4. The van der Waals surface area contributed by atoms with Crippen molar-refractivity contribution in [2.45, 2.75) is 11.6 Å². The van der Waals surface area contributed by atoms with Gasteiger partial charge < -0.3 is 9.88 Å². The average Bonchev–Trinajstić information content (AvgIpc) is 2.93. The molecule has 0 aliphatic heterocycles. The van der Waals surface area contributed by atoms with Crippen molar-refractivity contribution < 1.29 is 8.42 Å². The first-order valence-electron chi connectivity index (χ1n) is 6.12. The van der Waals surface area contributed by atoms with E-state index >= 15 is 0 Å². The highest BCUT2D eigenvalue weighted by Gasteiger charge is 2.22. The third-order valence-corrected chi connectivity index (χ3v) is 4.75. The number of anilines is 1. The molecule has 0 aliphatic rings. The Morgan fingerprint density at radius 2 is 1.80 bits per heavy atom. The largest absolute Gasteiger partial charge is 0.378 e. The highest BCUT2D eigenvalue weighted by molar-refractivity contribution is 7.89. The van der Waals surface area contributed by atoms with Crippen LogP contribution in [0.15, 0.2) is 41.8 Å². The van der Waals surface area contributed by atoms with E-state index in [4.69, 9.17) is 0 Å². The highest BCUT2D eigenvalue weighted by atomic mass is 32.2. The van der Waals surface area contributed by atoms with Crippen LogP contribution in [0.4, 0.5) is 5.69 Å². The van der Waals surface area contributed by atoms with Gasteiger partial charge >= 0.3 is 0 Å². The van der Waals surface area contributed by atoms with Gasteiger partial charge in [-0.25, -0.2) is 13.4 Å². The van der Waals surface area contributed by atoms with Crippen molar-refractivity contribution in [3.8, 4) is 0 Å². The van der Waals surface area contributed by atoms with Crippen molar-refractivity contribution in [1.82, 2.24) is 14.3 Å². The predicted octanol–water partition coefficient (Wildman–Crippen LogP) is 1.30. The fourth-order valence-corrected chi connectivity index (χ4v) is 2.84. The summed E-state index contributed by atoms with van der Waals surface area (Å²) < 4.78 is 25.7. The first-order valence-corrected chi connectivity index (χ1v) is 7.56. The Labute approximate surface area is 119 Å². The van der Waals surface area contributed by atoms with Crippen LogP contribution in [0.5, 0.6) is 0 Å². The summed E-state index contributed by atoms with van der Waals surface area (Å²) in [6.45, 7) is 0.315. The van der Waals surface area contributed by atoms with Crippen LogP contribution in [0, 0.1) is 0 Å².